The highest BCUT2D eigenvalue weighted by molar-refractivity contribution is 5.87. The Morgan fingerprint density at radius 2 is 1.90 bits per heavy atom. The van der Waals surface area contributed by atoms with Gasteiger partial charge in [-0.2, -0.15) is 4.98 Å². The summed E-state index contributed by atoms with van der Waals surface area (Å²) in [7, 11) is 3.49. The SMILES string of the molecule is CCNCCN(CC(=O)N(C)C1Cc2ccc(OC)cc2C1)C(=O)CNc1cc(-c2noc(C)n2)ccc1C. The highest BCUT2D eigenvalue weighted by Crippen LogP contribution is 2.29. The van der Waals surface area contributed by atoms with Crippen LogP contribution < -0.4 is 15.4 Å². The number of hydrogen-bond donors (Lipinski definition) is 2. The molecule has 0 aliphatic heterocycles. The third-order valence-corrected chi connectivity index (χ3v) is 7.21. The van der Waals surface area contributed by atoms with Crippen molar-refractivity contribution in [3.05, 3.63) is 59.0 Å². The molecule has 1 aliphatic carbocycles. The molecule has 10 nitrogen and oxygen atoms in total. The van der Waals surface area contributed by atoms with Gasteiger partial charge in [0.2, 0.25) is 23.5 Å². The van der Waals surface area contributed by atoms with Gasteiger partial charge in [-0.3, -0.25) is 9.59 Å². The molecule has 0 bridgehead atoms. The van der Waals surface area contributed by atoms with E-state index in [2.05, 4.69) is 26.8 Å². The second-order valence-electron chi connectivity index (χ2n) is 9.89. The molecule has 1 aliphatic rings. The van der Waals surface area contributed by atoms with Gasteiger partial charge in [0.05, 0.1) is 20.2 Å². The summed E-state index contributed by atoms with van der Waals surface area (Å²) >= 11 is 0. The molecule has 2 aromatic carbocycles. The van der Waals surface area contributed by atoms with Gasteiger partial charge in [0, 0.05) is 44.4 Å². The molecule has 1 aromatic heterocycles. The van der Waals surface area contributed by atoms with Gasteiger partial charge in [0.15, 0.2) is 0 Å². The summed E-state index contributed by atoms with van der Waals surface area (Å²) < 4.78 is 10.5. The van der Waals surface area contributed by atoms with Crippen molar-refractivity contribution in [2.45, 2.75) is 39.7 Å². The zero-order valence-electron chi connectivity index (χ0n) is 23.4. The summed E-state index contributed by atoms with van der Waals surface area (Å²) in [6.07, 6.45) is 1.57. The van der Waals surface area contributed by atoms with E-state index in [4.69, 9.17) is 9.26 Å². The van der Waals surface area contributed by atoms with Gasteiger partial charge >= 0.3 is 0 Å². The molecule has 2 amide bonds. The third-order valence-electron chi connectivity index (χ3n) is 7.21. The quantitative estimate of drug-likeness (QED) is 0.341. The van der Waals surface area contributed by atoms with Gasteiger partial charge in [-0.25, -0.2) is 0 Å². The van der Waals surface area contributed by atoms with Crippen LogP contribution in [0.5, 0.6) is 5.75 Å². The number of aryl methyl sites for hydroxylation is 2. The first-order chi connectivity index (χ1) is 18.8. The summed E-state index contributed by atoms with van der Waals surface area (Å²) in [6, 6.07) is 11.9. The lowest BCUT2D eigenvalue weighted by Crippen LogP contribution is -2.48. The van der Waals surface area contributed by atoms with Gasteiger partial charge in [-0.15, -0.1) is 0 Å². The van der Waals surface area contributed by atoms with Crippen molar-refractivity contribution >= 4 is 17.5 Å². The third kappa shape index (κ3) is 6.94. The Labute approximate surface area is 229 Å². The van der Waals surface area contributed by atoms with E-state index in [9.17, 15) is 9.59 Å². The number of hydrogen-bond acceptors (Lipinski definition) is 8. The summed E-state index contributed by atoms with van der Waals surface area (Å²) in [5.74, 6) is 1.59. The molecule has 1 unspecified atom stereocenters. The molecular weight excluding hydrogens is 496 g/mol. The van der Waals surface area contributed by atoms with Crippen LogP contribution in [0.4, 0.5) is 5.69 Å². The van der Waals surface area contributed by atoms with Crippen LogP contribution >= 0.6 is 0 Å². The first kappa shape index (κ1) is 28.1. The Morgan fingerprint density at radius 1 is 1.10 bits per heavy atom. The van der Waals surface area contributed by atoms with Crippen LogP contribution in [0.25, 0.3) is 11.4 Å². The lowest BCUT2D eigenvalue weighted by Gasteiger charge is -2.29. The predicted molar refractivity (Wildman–Crippen MR) is 150 cm³/mol. The average Bonchev–Trinajstić information content (AvgIpc) is 3.57. The largest absolute Gasteiger partial charge is 0.497 e. The summed E-state index contributed by atoms with van der Waals surface area (Å²) in [5, 5.41) is 10.5. The van der Waals surface area contributed by atoms with Gasteiger partial charge < -0.3 is 29.7 Å². The number of methoxy groups -OCH3 is 1. The number of ether oxygens (including phenoxy) is 1. The van der Waals surface area contributed by atoms with Crippen molar-refractivity contribution in [2.75, 3.05) is 52.2 Å². The number of benzene rings is 2. The number of amides is 2. The van der Waals surface area contributed by atoms with Crippen molar-refractivity contribution in [3.8, 4) is 17.1 Å². The maximum atomic E-state index is 13.3. The smallest absolute Gasteiger partial charge is 0.242 e. The van der Waals surface area contributed by atoms with E-state index >= 15 is 0 Å². The Bertz CT molecular complexity index is 1310. The molecule has 10 heteroatoms. The molecule has 1 atom stereocenters. The van der Waals surface area contributed by atoms with Crippen LogP contribution in [-0.2, 0) is 22.4 Å². The standard InChI is InChI=1S/C29H38N6O4/c1-6-30-11-12-35(18-28(37)34(4)24-13-21-9-10-25(38-5)15-23(21)14-24)27(36)17-31-26-16-22(8-7-19(26)2)29-32-20(3)39-33-29/h7-10,15-16,24,30-31H,6,11-14,17-18H2,1-5H3. The molecule has 0 fully saturated rings. The zero-order valence-corrected chi connectivity index (χ0v) is 23.4. The van der Waals surface area contributed by atoms with Crippen LogP contribution in [0.1, 0.15) is 29.5 Å². The number of nitrogens with one attached hydrogen (secondary N) is 2. The van der Waals surface area contributed by atoms with Crippen molar-refractivity contribution in [2.24, 2.45) is 0 Å². The van der Waals surface area contributed by atoms with Crippen molar-refractivity contribution in [3.63, 3.8) is 0 Å². The molecule has 3 aromatic rings. The maximum Gasteiger partial charge on any atom is 0.242 e. The maximum absolute atomic E-state index is 13.3. The minimum Gasteiger partial charge on any atom is -0.497 e. The summed E-state index contributed by atoms with van der Waals surface area (Å²) in [5.41, 5.74) is 5.02. The second kappa shape index (κ2) is 12.8. The number of nitrogens with zero attached hydrogens (tertiary/aromatic N) is 4. The van der Waals surface area contributed by atoms with Crippen molar-refractivity contribution in [1.29, 1.82) is 0 Å². The Morgan fingerprint density at radius 3 is 2.62 bits per heavy atom. The molecule has 2 N–H and O–H groups in total. The number of aromatic nitrogens is 2. The Kier molecular flexibility index (Phi) is 9.19. The van der Waals surface area contributed by atoms with Crippen molar-refractivity contribution in [1.82, 2.24) is 25.3 Å². The van der Waals surface area contributed by atoms with E-state index in [1.165, 1.54) is 11.1 Å². The summed E-state index contributed by atoms with van der Waals surface area (Å²) in [4.78, 5) is 34.3. The fourth-order valence-electron chi connectivity index (χ4n) is 4.78. The number of carbonyl (C=O) groups excluding carboxylic acids is 2. The highest BCUT2D eigenvalue weighted by atomic mass is 16.5. The van der Waals surface area contributed by atoms with Crippen LogP contribution in [0.3, 0.4) is 0 Å². The van der Waals surface area contributed by atoms with E-state index < -0.39 is 0 Å². The first-order valence-electron chi connectivity index (χ1n) is 13.3. The Hall–Kier alpha value is -3.92. The van der Waals surface area contributed by atoms with Crippen LogP contribution in [-0.4, -0.2) is 84.7 Å². The molecule has 0 spiro atoms. The van der Waals surface area contributed by atoms with Gasteiger partial charge in [-0.1, -0.05) is 30.3 Å². The number of fused-ring (bicyclic) bond motifs is 1. The van der Waals surface area contributed by atoms with Gasteiger partial charge in [-0.05, 0) is 61.2 Å². The van der Waals surface area contributed by atoms with Gasteiger partial charge in [0.25, 0.3) is 0 Å². The predicted octanol–water partition coefficient (Wildman–Crippen LogP) is 2.84. The fourth-order valence-corrected chi connectivity index (χ4v) is 4.78. The lowest BCUT2D eigenvalue weighted by molar-refractivity contribution is -0.140. The normalized spacial score (nSPS) is 14.1. The highest BCUT2D eigenvalue weighted by Gasteiger charge is 2.29. The molecule has 0 radical (unpaired) electrons. The number of rotatable bonds is 12. The molecule has 208 valence electrons. The molecular formula is C29H38N6O4. The van der Waals surface area contributed by atoms with Crippen molar-refractivity contribution < 1.29 is 18.8 Å². The van der Waals surface area contributed by atoms with Crippen LogP contribution in [0.15, 0.2) is 40.9 Å². The van der Waals surface area contributed by atoms with Crippen LogP contribution in [0, 0.1) is 13.8 Å². The Balaban J connectivity index is 1.39. The first-order valence-corrected chi connectivity index (χ1v) is 13.3. The molecule has 39 heavy (non-hydrogen) atoms. The number of carbonyl (C=O) groups is 2. The molecule has 1 heterocycles. The second-order valence-corrected chi connectivity index (χ2v) is 9.89. The topological polar surface area (TPSA) is 113 Å². The fraction of sp³-hybridized carbons (Fsp3) is 0.448. The lowest BCUT2D eigenvalue weighted by atomic mass is 10.1. The zero-order chi connectivity index (χ0) is 27.9. The van der Waals surface area contributed by atoms with E-state index in [1.54, 1.807) is 23.8 Å². The monoisotopic (exact) mass is 534 g/mol. The minimum atomic E-state index is -0.144. The molecule has 4 rings (SSSR count). The number of anilines is 1. The number of likely N-dealkylation sites (N-methyl/N-ethyl adjacent to an activating group) is 2. The van der Waals surface area contributed by atoms with Gasteiger partial charge in [0.1, 0.15) is 5.75 Å². The van der Waals surface area contributed by atoms with E-state index in [0.717, 1.165) is 42.0 Å². The average molecular weight is 535 g/mol. The molecule has 0 saturated heterocycles. The van der Waals surface area contributed by atoms with E-state index in [0.29, 0.717) is 24.8 Å². The van der Waals surface area contributed by atoms with Crippen LogP contribution in [0.2, 0.25) is 0 Å². The molecule has 0 saturated carbocycles. The van der Waals surface area contributed by atoms with E-state index in [1.807, 2.05) is 51.2 Å². The summed E-state index contributed by atoms with van der Waals surface area (Å²) in [6.45, 7) is 7.66. The van der Waals surface area contributed by atoms with E-state index in [-0.39, 0.29) is 30.9 Å². The minimum absolute atomic E-state index is 0.0275.